The van der Waals surface area contributed by atoms with E-state index in [1.165, 1.54) is 5.57 Å². The molecule has 3 heteroatoms. The van der Waals surface area contributed by atoms with Crippen LogP contribution >= 0.6 is 0 Å². The number of carbonyl (C=O) groups excluding carboxylic acids is 1. The zero-order valence-electron chi connectivity index (χ0n) is 9.06. The highest BCUT2D eigenvalue weighted by Crippen LogP contribution is 2.04. The van der Waals surface area contributed by atoms with E-state index >= 15 is 0 Å². The first-order chi connectivity index (χ1) is 5.97. The van der Waals surface area contributed by atoms with Gasteiger partial charge in [0.25, 0.3) is 0 Å². The monoisotopic (exact) mass is 182 g/mol. The first kappa shape index (κ1) is 11.9. The molecule has 0 heterocycles. The van der Waals surface area contributed by atoms with Crippen molar-refractivity contribution < 1.29 is 4.79 Å². The lowest BCUT2D eigenvalue weighted by atomic mass is 10.2. The van der Waals surface area contributed by atoms with Gasteiger partial charge in [0.2, 0.25) is 5.91 Å². The second kappa shape index (κ2) is 5.51. The molecule has 0 unspecified atom stereocenters. The molecule has 0 fully saturated rings. The van der Waals surface area contributed by atoms with Gasteiger partial charge in [-0.3, -0.25) is 9.79 Å². The molecule has 0 saturated carbocycles. The number of nitrogens with zero attached hydrogens (tertiary/aromatic N) is 1. The molecule has 0 aromatic heterocycles. The third kappa shape index (κ3) is 5.17. The van der Waals surface area contributed by atoms with E-state index in [1.807, 2.05) is 27.7 Å². The van der Waals surface area contributed by atoms with Crippen LogP contribution in [-0.4, -0.2) is 18.7 Å². The first-order valence-electron chi connectivity index (χ1n) is 4.36. The van der Waals surface area contributed by atoms with Gasteiger partial charge >= 0.3 is 0 Å². The van der Waals surface area contributed by atoms with Crippen LogP contribution in [0, 0.1) is 0 Å². The third-order valence-corrected chi connectivity index (χ3v) is 1.78. The SMILES string of the molecule is CNC(=O)CC(C)=NC(C)=C(C)C. The maximum atomic E-state index is 11.0. The molecule has 0 rings (SSSR count). The van der Waals surface area contributed by atoms with Crippen LogP contribution in [0.5, 0.6) is 0 Å². The Hall–Kier alpha value is -1.12. The summed E-state index contributed by atoms with van der Waals surface area (Å²) in [5.74, 6) is 0.00260. The Bertz CT molecular complexity index is 248. The summed E-state index contributed by atoms with van der Waals surface area (Å²) in [5, 5.41) is 2.56. The van der Waals surface area contributed by atoms with Crippen LogP contribution < -0.4 is 5.32 Å². The Labute approximate surface area is 79.9 Å². The Morgan fingerprint density at radius 2 is 1.77 bits per heavy atom. The Kier molecular flexibility index (Phi) is 5.04. The van der Waals surface area contributed by atoms with E-state index in [9.17, 15) is 4.79 Å². The van der Waals surface area contributed by atoms with E-state index in [0.717, 1.165) is 11.4 Å². The molecule has 0 aliphatic rings. The van der Waals surface area contributed by atoms with Crippen molar-refractivity contribution in [3.05, 3.63) is 11.3 Å². The fourth-order valence-electron chi connectivity index (χ4n) is 0.758. The Morgan fingerprint density at radius 1 is 1.23 bits per heavy atom. The lowest BCUT2D eigenvalue weighted by Gasteiger charge is -2.01. The van der Waals surface area contributed by atoms with E-state index in [2.05, 4.69) is 10.3 Å². The Morgan fingerprint density at radius 3 is 2.15 bits per heavy atom. The molecule has 3 nitrogen and oxygen atoms in total. The summed E-state index contributed by atoms with van der Waals surface area (Å²) in [6.45, 7) is 7.82. The van der Waals surface area contributed by atoms with Gasteiger partial charge in [-0.15, -0.1) is 0 Å². The van der Waals surface area contributed by atoms with Gasteiger partial charge in [0.15, 0.2) is 0 Å². The zero-order chi connectivity index (χ0) is 10.4. The van der Waals surface area contributed by atoms with Gasteiger partial charge in [0.05, 0.1) is 6.42 Å². The average Bonchev–Trinajstić information content (AvgIpc) is 2.03. The fraction of sp³-hybridized carbons (Fsp3) is 0.600. The molecule has 0 atom stereocenters. The molecular formula is C10H18N2O. The van der Waals surface area contributed by atoms with Crippen molar-refractivity contribution in [1.82, 2.24) is 5.32 Å². The molecule has 0 spiro atoms. The molecule has 0 aliphatic carbocycles. The van der Waals surface area contributed by atoms with Gasteiger partial charge in [-0.1, -0.05) is 5.57 Å². The summed E-state index contributed by atoms with van der Waals surface area (Å²) in [5.41, 5.74) is 3.01. The van der Waals surface area contributed by atoms with Crippen LogP contribution in [0.25, 0.3) is 0 Å². The quantitative estimate of drug-likeness (QED) is 0.665. The zero-order valence-corrected chi connectivity index (χ0v) is 9.06. The molecule has 0 saturated heterocycles. The summed E-state index contributed by atoms with van der Waals surface area (Å²) in [4.78, 5) is 15.3. The van der Waals surface area contributed by atoms with E-state index in [4.69, 9.17) is 0 Å². The number of hydrogen-bond donors (Lipinski definition) is 1. The van der Waals surface area contributed by atoms with E-state index in [1.54, 1.807) is 7.05 Å². The van der Waals surface area contributed by atoms with Gasteiger partial charge in [-0.25, -0.2) is 0 Å². The lowest BCUT2D eigenvalue weighted by molar-refractivity contribution is -0.119. The van der Waals surface area contributed by atoms with Crippen molar-refractivity contribution in [1.29, 1.82) is 0 Å². The highest BCUT2D eigenvalue weighted by atomic mass is 16.1. The summed E-state index contributed by atoms with van der Waals surface area (Å²) in [7, 11) is 1.63. The molecule has 1 N–H and O–H groups in total. The minimum atomic E-state index is 0.00260. The maximum Gasteiger partial charge on any atom is 0.225 e. The summed E-state index contributed by atoms with van der Waals surface area (Å²) in [6.07, 6.45) is 0.376. The van der Waals surface area contributed by atoms with Gasteiger partial charge in [0, 0.05) is 18.5 Å². The van der Waals surface area contributed by atoms with Crippen LogP contribution in [0.4, 0.5) is 0 Å². The number of aliphatic imine (C=N–C) groups is 1. The Balaban J connectivity index is 4.34. The molecule has 1 amide bonds. The minimum Gasteiger partial charge on any atom is -0.359 e. The predicted molar refractivity (Wildman–Crippen MR) is 55.8 cm³/mol. The molecule has 0 radical (unpaired) electrons. The van der Waals surface area contributed by atoms with Crippen LogP contribution in [-0.2, 0) is 4.79 Å². The first-order valence-corrected chi connectivity index (χ1v) is 4.36. The molecule has 0 aromatic rings. The van der Waals surface area contributed by atoms with Crippen molar-refractivity contribution in [2.45, 2.75) is 34.1 Å². The van der Waals surface area contributed by atoms with Crippen molar-refractivity contribution in [2.24, 2.45) is 4.99 Å². The summed E-state index contributed by atoms with van der Waals surface area (Å²) >= 11 is 0. The topological polar surface area (TPSA) is 41.5 Å². The molecule has 0 aliphatic heterocycles. The van der Waals surface area contributed by atoms with Crippen LogP contribution in [0.2, 0.25) is 0 Å². The van der Waals surface area contributed by atoms with Crippen molar-refractivity contribution >= 4 is 11.6 Å². The van der Waals surface area contributed by atoms with E-state index in [-0.39, 0.29) is 5.91 Å². The van der Waals surface area contributed by atoms with Crippen molar-refractivity contribution in [3.8, 4) is 0 Å². The second-order valence-electron chi connectivity index (χ2n) is 3.28. The van der Waals surface area contributed by atoms with Crippen LogP contribution in [0.1, 0.15) is 34.1 Å². The fourth-order valence-corrected chi connectivity index (χ4v) is 0.758. The predicted octanol–water partition coefficient (Wildman–Crippen LogP) is 1.90. The van der Waals surface area contributed by atoms with Gasteiger partial charge in [-0.2, -0.15) is 0 Å². The van der Waals surface area contributed by atoms with Gasteiger partial charge in [0.1, 0.15) is 0 Å². The van der Waals surface area contributed by atoms with Crippen LogP contribution in [0.3, 0.4) is 0 Å². The van der Waals surface area contributed by atoms with Crippen LogP contribution in [0.15, 0.2) is 16.3 Å². The molecular weight excluding hydrogens is 164 g/mol. The number of rotatable bonds is 3. The molecule has 13 heavy (non-hydrogen) atoms. The second-order valence-corrected chi connectivity index (χ2v) is 3.28. The average molecular weight is 182 g/mol. The van der Waals surface area contributed by atoms with Gasteiger partial charge < -0.3 is 5.32 Å². The maximum absolute atomic E-state index is 11.0. The number of amides is 1. The summed E-state index contributed by atoms with van der Waals surface area (Å²) < 4.78 is 0. The molecule has 0 aromatic carbocycles. The number of carbonyl (C=O) groups is 1. The van der Waals surface area contributed by atoms with E-state index < -0.39 is 0 Å². The largest absolute Gasteiger partial charge is 0.359 e. The minimum absolute atomic E-state index is 0.00260. The molecule has 0 bridgehead atoms. The smallest absolute Gasteiger partial charge is 0.225 e. The molecule has 74 valence electrons. The normalized spacial score (nSPS) is 11.0. The van der Waals surface area contributed by atoms with Crippen molar-refractivity contribution in [2.75, 3.05) is 7.05 Å². The van der Waals surface area contributed by atoms with Gasteiger partial charge in [-0.05, 0) is 27.7 Å². The number of hydrogen-bond acceptors (Lipinski definition) is 2. The highest BCUT2D eigenvalue weighted by Gasteiger charge is 2.00. The number of nitrogens with one attached hydrogen (secondary N) is 1. The number of allylic oxidation sites excluding steroid dienone is 2. The summed E-state index contributed by atoms with van der Waals surface area (Å²) in [6, 6.07) is 0. The van der Waals surface area contributed by atoms with Crippen molar-refractivity contribution in [3.63, 3.8) is 0 Å². The van der Waals surface area contributed by atoms with E-state index in [0.29, 0.717) is 6.42 Å². The highest BCUT2D eigenvalue weighted by molar-refractivity contribution is 6.00. The third-order valence-electron chi connectivity index (χ3n) is 1.78. The lowest BCUT2D eigenvalue weighted by Crippen LogP contribution is -2.20. The standard InChI is InChI=1S/C10H18N2O/c1-7(2)9(4)12-8(3)6-10(13)11-5/h6H2,1-5H3,(H,11,13).